The van der Waals surface area contributed by atoms with Crippen LogP contribution in [-0.2, 0) is 10.8 Å². The molecule has 1 fully saturated rings. The van der Waals surface area contributed by atoms with Gasteiger partial charge in [-0.15, -0.1) is 0 Å². The summed E-state index contributed by atoms with van der Waals surface area (Å²) in [5.41, 5.74) is 4.27. The maximum Gasteiger partial charge on any atom is 0.0675 e. The Bertz CT molecular complexity index is 985. The Morgan fingerprint density at radius 2 is 2.12 bits per heavy atom. The summed E-state index contributed by atoms with van der Waals surface area (Å²) in [6.07, 6.45) is 0.894. The lowest BCUT2D eigenvalue weighted by atomic mass is 10.1. The molecule has 2 aromatic carbocycles. The van der Waals surface area contributed by atoms with E-state index in [0.717, 1.165) is 52.3 Å². The van der Waals surface area contributed by atoms with E-state index in [0.29, 0.717) is 5.75 Å². The SMILES string of the molecule is CC[S@](=O)c1ccc(N2CCC(C#N)C2)c(-c2cc3ccccc3[nH]2)c1. The van der Waals surface area contributed by atoms with Crippen LogP contribution in [0.25, 0.3) is 22.2 Å². The van der Waals surface area contributed by atoms with Gasteiger partial charge in [0.1, 0.15) is 0 Å². The molecule has 3 aromatic rings. The zero-order valence-electron chi connectivity index (χ0n) is 14.7. The topological polar surface area (TPSA) is 59.9 Å². The molecule has 2 heterocycles. The lowest BCUT2D eigenvalue weighted by Gasteiger charge is -2.22. The van der Waals surface area contributed by atoms with Crippen LogP contribution < -0.4 is 4.90 Å². The second-order valence-corrected chi connectivity index (χ2v) is 8.38. The maximum atomic E-state index is 12.3. The fourth-order valence-corrected chi connectivity index (χ4v) is 4.42. The van der Waals surface area contributed by atoms with E-state index >= 15 is 0 Å². The number of fused-ring (bicyclic) bond motifs is 1. The number of hydrogen-bond acceptors (Lipinski definition) is 3. The number of nitriles is 1. The number of aromatic amines is 1. The third kappa shape index (κ3) is 3.02. The molecule has 1 unspecified atom stereocenters. The largest absolute Gasteiger partial charge is 0.370 e. The van der Waals surface area contributed by atoms with Gasteiger partial charge < -0.3 is 9.88 Å². The Balaban J connectivity index is 1.83. The molecule has 0 spiro atoms. The molecular weight excluding hydrogens is 342 g/mol. The molecule has 1 aliphatic heterocycles. The van der Waals surface area contributed by atoms with E-state index < -0.39 is 10.8 Å². The molecule has 2 atom stereocenters. The number of H-pyrrole nitrogens is 1. The summed E-state index contributed by atoms with van der Waals surface area (Å²) in [5, 5.41) is 10.4. The van der Waals surface area contributed by atoms with Crippen molar-refractivity contribution in [1.82, 2.24) is 4.98 Å². The predicted molar refractivity (Wildman–Crippen MR) is 107 cm³/mol. The van der Waals surface area contributed by atoms with Gasteiger partial charge in [0, 0.05) is 51.6 Å². The molecule has 0 aliphatic carbocycles. The first-order valence-electron chi connectivity index (χ1n) is 8.94. The predicted octanol–water partition coefficient (Wildman–Crippen LogP) is 4.31. The molecule has 0 saturated carbocycles. The van der Waals surface area contributed by atoms with E-state index in [2.05, 4.69) is 40.2 Å². The normalized spacial score (nSPS) is 18.2. The van der Waals surface area contributed by atoms with Gasteiger partial charge in [-0.25, -0.2) is 0 Å². The van der Waals surface area contributed by atoms with Crippen LogP contribution in [0.4, 0.5) is 5.69 Å². The number of benzene rings is 2. The summed E-state index contributed by atoms with van der Waals surface area (Å²) in [5.74, 6) is 0.682. The van der Waals surface area contributed by atoms with Crippen molar-refractivity contribution >= 4 is 27.4 Å². The second-order valence-electron chi connectivity index (χ2n) is 6.64. The first kappa shape index (κ1) is 16.9. The minimum atomic E-state index is -0.995. The Morgan fingerprint density at radius 3 is 2.85 bits per heavy atom. The van der Waals surface area contributed by atoms with Crippen LogP contribution in [0.5, 0.6) is 0 Å². The summed E-state index contributed by atoms with van der Waals surface area (Å²) in [6.45, 7) is 3.56. The van der Waals surface area contributed by atoms with Crippen LogP contribution in [0, 0.1) is 17.2 Å². The van der Waals surface area contributed by atoms with E-state index in [-0.39, 0.29) is 5.92 Å². The van der Waals surface area contributed by atoms with Crippen LogP contribution in [0.15, 0.2) is 53.4 Å². The van der Waals surface area contributed by atoms with Crippen LogP contribution in [0.3, 0.4) is 0 Å². The molecule has 1 aromatic heterocycles. The van der Waals surface area contributed by atoms with Gasteiger partial charge >= 0.3 is 0 Å². The molecule has 1 saturated heterocycles. The van der Waals surface area contributed by atoms with Crippen molar-refractivity contribution in [2.24, 2.45) is 5.92 Å². The minimum absolute atomic E-state index is 0.0787. The Morgan fingerprint density at radius 1 is 1.27 bits per heavy atom. The highest BCUT2D eigenvalue weighted by molar-refractivity contribution is 7.85. The lowest BCUT2D eigenvalue weighted by molar-refractivity contribution is 0.684. The monoisotopic (exact) mass is 363 g/mol. The number of hydrogen-bond donors (Lipinski definition) is 1. The molecule has 0 amide bonds. The number of para-hydroxylation sites is 1. The first-order valence-corrected chi connectivity index (χ1v) is 10.3. The van der Waals surface area contributed by atoms with Crippen molar-refractivity contribution in [3.8, 4) is 17.3 Å². The quantitative estimate of drug-likeness (QED) is 0.751. The van der Waals surface area contributed by atoms with E-state index in [1.165, 1.54) is 0 Å². The molecule has 4 rings (SSSR count). The molecule has 132 valence electrons. The molecule has 0 bridgehead atoms. The summed E-state index contributed by atoms with van der Waals surface area (Å²) >= 11 is 0. The van der Waals surface area contributed by atoms with Gasteiger partial charge in [-0.05, 0) is 36.8 Å². The van der Waals surface area contributed by atoms with Crippen molar-refractivity contribution in [2.45, 2.75) is 18.2 Å². The van der Waals surface area contributed by atoms with E-state index in [1.54, 1.807) is 0 Å². The van der Waals surface area contributed by atoms with Gasteiger partial charge in [-0.2, -0.15) is 5.26 Å². The van der Waals surface area contributed by atoms with Crippen molar-refractivity contribution in [1.29, 1.82) is 5.26 Å². The van der Waals surface area contributed by atoms with Gasteiger partial charge in [0.25, 0.3) is 0 Å². The summed E-state index contributed by atoms with van der Waals surface area (Å²) in [4.78, 5) is 6.61. The fourth-order valence-electron chi connectivity index (χ4n) is 3.62. The summed E-state index contributed by atoms with van der Waals surface area (Å²) < 4.78 is 12.3. The minimum Gasteiger partial charge on any atom is -0.370 e. The number of nitrogens with one attached hydrogen (secondary N) is 1. The third-order valence-electron chi connectivity index (χ3n) is 5.02. The van der Waals surface area contributed by atoms with Gasteiger partial charge in [0.15, 0.2) is 0 Å². The Labute approximate surface area is 155 Å². The Hall–Kier alpha value is -2.58. The highest BCUT2D eigenvalue weighted by Crippen LogP contribution is 2.36. The number of nitrogens with zero attached hydrogens (tertiary/aromatic N) is 2. The van der Waals surface area contributed by atoms with Gasteiger partial charge in [0.05, 0.1) is 22.8 Å². The molecule has 1 aliphatic rings. The fraction of sp³-hybridized carbons (Fsp3) is 0.286. The van der Waals surface area contributed by atoms with E-state index in [9.17, 15) is 9.47 Å². The smallest absolute Gasteiger partial charge is 0.0675 e. The third-order valence-corrected chi connectivity index (χ3v) is 6.33. The van der Waals surface area contributed by atoms with Crippen molar-refractivity contribution in [2.75, 3.05) is 23.7 Å². The first-order chi connectivity index (χ1) is 12.7. The summed E-state index contributed by atoms with van der Waals surface area (Å²) in [6, 6.07) is 18.8. The van der Waals surface area contributed by atoms with Crippen LogP contribution in [-0.4, -0.2) is 28.0 Å². The molecule has 4 nitrogen and oxygen atoms in total. The van der Waals surface area contributed by atoms with E-state index in [4.69, 9.17) is 0 Å². The van der Waals surface area contributed by atoms with Gasteiger partial charge in [0.2, 0.25) is 0 Å². The highest BCUT2D eigenvalue weighted by Gasteiger charge is 2.25. The molecule has 1 N–H and O–H groups in total. The number of anilines is 1. The number of rotatable bonds is 4. The number of aromatic nitrogens is 1. The molecule has 0 radical (unpaired) electrons. The molecule has 26 heavy (non-hydrogen) atoms. The van der Waals surface area contributed by atoms with Crippen LogP contribution in [0.2, 0.25) is 0 Å². The Kier molecular flexibility index (Phi) is 4.52. The standard InChI is InChI=1S/C21H21N3OS/c1-2-26(25)17-7-8-21(24-10-9-15(13-22)14-24)18(12-17)20-11-16-5-3-4-6-19(16)23-20/h3-8,11-12,15,23H,2,9-10,14H2,1H3/t15?,26-/m0/s1. The maximum absolute atomic E-state index is 12.3. The lowest BCUT2D eigenvalue weighted by Crippen LogP contribution is -2.20. The average molecular weight is 363 g/mol. The second kappa shape index (κ2) is 6.97. The summed E-state index contributed by atoms with van der Waals surface area (Å²) in [7, 11) is -0.995. The van der Waals surface area contributed by atoms with Crippen LogP contribution >= 0.6 is 0 Å². The molecular formula is C21H21N3OS. The zero-order chi connectivity index (χ0) is 18.1. The zero-order valence-corrected chi connectivity index (χ0v) is 15.6. The molecule has 5 heteroatoms. The van der Waals surface area contributed by atoms with E-state index in [1.807, 2.05) is 31.2 Å². The van der Waals surface area contributed by atoms with Crippen molar-refractivity contribution < 1.29 is 4.21 Å². The highest BCUT2D eigenvalue weighted by atomic mass is 32.2. The van der Waals surface area contributed by atoms with Crippen LogP contribution in [0.1, 0.15) is 13.3 Å². The average Bonchev–Trinajstić information content (AvgIpc) is 3.33. The van der Waals surface area contributed by atoms with Gasteiger partial charge in [-0.1, -0.05) is 25.1 Å². The van der Waals surface area contributed by atoms with Crippen molar-refractivity contribution in [3.05, 3.63) is 48.5 Å². The van der Waals surface area contributed by atoms with Gasteiger partial charge in [-0.3, -0.25) is 4.21 Å². The van der Waals surface area contributed by atoms with Crippen molar-refractivity contribution in [3.63, 3.8) is 0 Å².